The summed E-state index contributed by atoms with van der Waals surface area (Å²) in [6.07, 6.45) is 4.43. The molecule has 2 rings (SSSR count). The van der Waals surface area contributed by atoms with E-state index in [2.05, 4.69) is 5.32 Å². The van der Waals surface area contributed by atoms with E-state index in [-0.39, 0.29) is 5.91 Å². The third kappa shape index (κ3) is 3.00. The van der Waals surface area contributed by atoms with Crippen molar-refractivity contribution in [1.29, 1.82) is 0 Å². The Morgan fingerprint density at radius 3 is 2.42 bits per heavy atom. The van der Waals surface area contributed by atoms with Crippen LogP contribution in [0.1, 0.15) is 47.6 Å². The van der Waals surface area contributed by atoms with Crippen LogP contribution in [0.2, 0.25) is 0 Å². The highest BCUT2D eigenvalue weighted by atomic mass is 16.3. The van der Waals surface area contributed by atoms with Gasteiger partial charge in [0.1, 0.15) is 11.5 Å². The van der Waals surface area contributed by atoms with Crippen LogP contribution in [0.4, 0.5) is 0 Å². The quantitative estimate of drug-likeness (QED) is 0.912. The molecular weight excluding hydrogens is 240 g/mol. The average Bonchev–Trinajstić information content (AvgIpc) is 2.76. The van der Waals surface area contributed by atoms with E-state index in [0.717, 1.165) is 37.2 Å². The van der Waals surface area contributed by atoms with Crippen LogP contribution in [0, 0.1) is 13.8 Å². The molecule has 4 heteroatoms. The molecule has 1 amide bonds. The lowest BCUT2D eigenvalue weighted by atomic mass is 9.90. The lowest BCUT2D eigenvalue weighted by Crippen LogP contribution is -2.42. The molecule has 1 N–H and O–H groups in total. The number of hydrogen-bond acceptors (Lipinski definition) is 3. The van der Waals surface area contributed by atoms with Crippen molar-refractivity contribution in [1.82, 2.24) is 10.2 Å². The Bertz CT molecular complexity index is 445. The zero-order valence-corrected chi connectivity index (χ0v) is 12.3. The van der Waals surface area contributed by atoms with Crippen molar-refractivity contribution in [3.05, 3.63) is 23.2 Å². The molecule has 1 heterocycles. The molecule has 19 heavy (non-hydrogen) atoms. The van der Waals surface area contributed by atoms with Gasteiger partial charge >= 0.3 is 0 Å². The topological polar surface area (TPSA) is 45.5 Å². The number of carbonyl (C=O) groups excluding carboxylic acids is 1. The van der Waals surface area contributed by atoms with Crippen molar-refractivity contribution >= 4 is 5.91 Å². The predicted octanol–water partition coefficient (Wildman–Crippen LogP) is 2.50. The van der Waals surface area contributed by atoms with Gasteiger partial charge < -0.3 is 14.6 Å². The third-order valence-electron chi connectivity index (χ3n) is 4.24. The van der Waals surface area contributed by atoms with E-state index in [1.807, 2.05) is 38.9 Å². The van der Waals surface area contributed by atoms with Gasteiger partial charge in [0.2, 0.25) is 0 Å². The number of amides is 1. The fraction of sp³-hybridized carbons (Fsp3) is 0.667. The van der Waals surface area contributed by atoms with Gasteiger partial charge in [-0.05, 0) is 52.6 Å². The van der Waals surface area contributed by atoms with Crippen LogP contribution >= 0.6 is 0 Å². The second kappa shape index (κ2) is 5.78. The first-order chi connectivity index (χ1) is 9.02. The van der Waals surface area contributed by atoms with Gasteiger partial charge in [-0.25, -0.2) is 0 Å². The molecule has 0 spiro atoms. The summed E-state index contributed by atoms with van der Waals surface area (Å²) in [7, 11) is 3.92. The lowest BCUT2D eigenvalue weighted by molar-refractivity contribution is 0.0684. The molecule has 1 aliphatic carbocycles. The number of nitrogens with zero attached hydrogens (tertiary/aromatic N) is 1. The van der Waals surface area contributed by atoms with Crippen LogP contribution in [0.3, 0.4) is 0 Å². The van der Waals surface area contributed by atoms with Crippen LogP contribution in [0.25, 0.3) is 0 Å². The van der Waals surface area contributed by atoms with E-state index in [1.54, 1.807) is 0 Å². The summed E-state index contributed by atoms with van der Waals surface area (Å²) in [4.78, 5) is 14.4. The van der Waals surface area contributed by atoms with E-state index < -0.39 is 0 Å². The van der Waals surface area contributed by atoms with Crippen LogP contribution in [0.5, 0.6) is 0 Å². The molecule has 0 atom stereocenters. The fourth-order valence-corrected chi connectivity index (χ4v) is 2.95. The molecule has 0 unspecified atom stereocenters. The first-order valence-corrected chi connectivity index (χ1v) is 7.04. The number of furan rings is 1. The molecule has 0 radical (unpaired) electrons. The fourth-order valence-electron chi connectivity index (χ4n) is 2.95. The van der Waals surface area contributed by atoms with Crippen molar-refractivity contribution in [2.75, 3.05) is 14.1 Å². The Morgan fingerprint density at radius 1 is 1.32 bits per heavy atom. The molecule has 1 aliphatic rings. The van der Waals surface area contributed by atoms with Crippen molar-refractivity contribution in [2.24, 2.45) is 0 Å². The minimum Gasteiger partial charge on any atom is -0.466 e. The summed E-state index contributed by atoms with van der Waals surface area (Å²) < 4.78 is 5.45. The Labute approximate surface area is 115 Å². The number of aryl methyl sites for hydroxylation is 2. The molecule has 1 aromatic heterocycles. The Hall–Kier alpha value is -1.29. The highest BCUT2D eigenvalue weighted by Crippen LogP contribution is 2.24. The van der Waals surface area contributed by atoms with E-state index >= 15 is 0 Å². The highest BCUT2D eigenvalue weighted by Gasteiger charge is 2.27. The number of rotatable bonds is 3. The van der Waals surface area contributed by atoms with Crippen molar-refractivity contribution in [3.8, 4) is 0 Å². The van der Waals surface area contributed by atoms with Gasteiger partial charge in [-0.2, -0.15) is 0 Å². The summed E-state index contributed by atoms with van der Waals surface area (Å²) in [5.41, 5.74) is 0.704. The molecule has 1 saturated carbocycles. The van der Waals surface area contributed by atoms with E-state index in [4.69, 9.17) is 4.42 Å². The Morgan fingerprint density at radius 2 is 1.95 bits per heavy atom. The van der Waals surface area contributed by atoms with Crippen molar-refractivity contribution in [2.45, 2.75) is 51.6 Å². The van der Waals surface area contributed by atoms with Gasteiger partial charge in [-0.1, -0.05) is 0 Å². The number of carbonyl (C=O) groups is 1. The highest BCUT2D eigenvalue weighted by molar-refractivity contribution is 5.95. The zero-order chi connectivity index (χ0) is 14.0. The third-order valence-corrected chi connectivity index (χ3v) is 4.24. The van der Waals surface area contributed by atoms with E-state index in [9.17, 15) is 4.79 Å². The molecule has 0 aromatic carbocycles. The van der Waals surface area contributed by atoms with Gasteiger partial charge in [0.05, 0.1) is 5.56 Å². The molecular formula is C15H24N2O2. The van der Waals surface area contributed by atoms with Gasteiger partial charge in [0.25, 0.3) is 5.91 Å². The van der Waals surface area contributed by atoms with Crippen molar-refractivity contribution < 1.29 is 9.21 Å². The van der Waals surface area contributed by atoms with Crippen LogP contribution in [0.15, 0.2) is 10.5 Å². The van der Waals surface area contributed by atoms with Gasteiger partial charge in [-0.3, -0.25) is 4.79 Å². The molecule has 1 aromatic rings. The van der Waals surface area contributed by atoms with Gasteiger partial charge in [-0.15, -0.1) is 0 Å². The maximum absolute atomic E-state index is 12.5. The molecule has 1 fully saturated rings. The van der Waals surface area contributed by atoms with Crippen LogP contribution in [-0.2, 0) is 0 Å². The minimum absolute atomic E-state index is 0.0854. The average molecular weight is 264 g/mol. The molecule has 4 nitrogen and oxygen atoms in total. The first-order valence-electron chi connectivity index (χ1n) is 7.04. The Kier molecular flexibility index (Phi) is 4.30. The van der Waals surface area contributed by atoms with E-state index in [0.29, 0.717) is 17.6 Å². The maximum Gasteiger partial charge on any atom is 0.257 e. The van der Waals surface area contributed by atoms with Gasteiger partial charge in [0.15, 0.2) is 0 Å². The second-order valence-corrected chi connectivity index (χ2v) is 5.54. The molecule has 0 saturated heterocycles. The largest absolute Gasteiger partial charge is 0.466 e. The first kappa shape index (κ1) is 14.1. The summed E-state index contributed by atoms with van der Waals surface area (Å²) in [5.74, 6) is 1.61. The molecule has 0 aliphatic heterocycles. The standard InChI is InChI=1S/C15H24N2O2/c1-10-9-14(11(2)19-10)15(18)17(4)13-7-5-12(16-3)6-8-13/h9,12-13,16H,5-8H2,1-4H3. The number of hydrogen-bond donors (Lipinski definition) is 1. The van der Waals surface area contributed by atoms with E-state index in [1.165, 1.54) is 0 Å². The summed E-state index contributed by atoms with van der Waals surface area (Å²) in [5, 5.41) is 3.32. The SMILES string of the molecule is CNC1CCC(N(C)C(=O)c2cc(C)oc2C)CC1. The lowest BCUT2D eigenvalue weighted by Gasteiger charge is -2.34. The number of nitrogens with one attached hydrogen (secondary N) is 1. The second-order valence-electron chi connectivity index (χ2n) is 5.54. The van der Waals surface area contributed by atoms with Gasteiger partial charge in [0, 0.05) is 19.1 Å². The maximum atomic E-state index is 12.5. The smallest absolute Gasteiger partial charge is 0.257 e. The summed E-state index contributed by atoms with van der Waals surface area (Å²) in [6, 6.07) is 2.80. The predicted molar refractivity (Wildman–Crippen MR) is 75.4 cm³/mol. The molecule has 106 valence electrons. The summed E-state index contributed by atoms with van der Waals surface area (Å²) >= 11 is 0. The van der Waals surface area contributed by atoms with Crippen LogP contribution in [-0.4, -0.2) is 37.0 Å². The normalized spacial score (nSPS) is 23.4. The monoisotopic (exact) mass is 264 g/mol. The molecule has 0 bridgehead atoms. The van der Waals surface area contributed by atoms with Crippen LogP contribution < -0.4 is 5.32 Å². The summed E-state index contributed by atoms with van der Waals surface area (Å²) in [6.45, 7) is 3.73. The Balaban J connectivity index is 2.02. The zero-order valence-electron chi connectivity index (χ0n) is 12.3. The minimum atomic E-state index is 0.0854. The van der Waals surface area contributed by atoms with Crippen molar-refractivity contribution in [3.63, 3.8) is 0 Å².